The zero-order valence-corrected chi connectivity index (χ0v) is 10.9. The van der Waals surface area contributed by atoms with Crippen molar-refractivity contribution in [3.05, 3.63) is 0 Å². The predicted molar refractivity (Wildman–Crippen MR) is 66.4 cm³/mol. The van der Waals surface area contributed by atoms with Crippen LogP contribution in [0.4, 0.5) is 0 Å². The van der Waals surface area contributed by atoms with E-state index in [9.17, 15) is 0 Å². The van der Waals surface area contributed by atoms with Crippen LogP contribution >= 0.6 is 0 Å². The first-order valence-electron chi connectivity index (χ1n) is 6.24. The van der Waals surface area contributed by atoms with Gasteiger partial charge in [0.25, 0.3) is 0 Å². The third-order valence-corrected chi connectivity index (χ3v) is 2.26. The molecule has 0 bridgehead atoms. The lowest BCUT2D eigenvalue weighted by atomic mass is 10.4. The van der Waals surface area contributed by atoms with Crippen molar-refractivity contribution < 1.29 is 4.74 Å². The second-order valence-corrected chi connectivity index (χ2v) is 4.17. The van der Waals surface area contributed by atoms with Crippen LogP contribution in [0.5, 0.6) is 0 Å². The summed E-state index contributed by atoms with van der Waals surface area (Å²) in [5.41, 5.74) is 0. The Labute approximate surface area is 95.2 Å². The number of hydrogen-bond acceptors (Lipinski definition) is 3. The molecule has 0 aliphatic carbocycles. The maximum atomic E-state index is 5.20. The van der Waals surface area contributed by atoms with E-state index in [2.05, 4.69) is 37.9 Å². The summed E-state index contributed by atoms with van der Waals surface area (Å²) in [6.45, 7) is 15.1. The van der Waals surface area contributed by atoms with E-state index in [4.69, 9.17) is 4.74 Å². The van der Waals surface area contributed by atoms with Crippen molar-refractivity contribution in [2.75, 3.05) is 39.4 Å². The van der Waals surface area contributed by atoms with Gasteiger partial charge in [-0.1, -0.05) is 27.7 Å². The van der Waals surface area contributed by atoms with E-state index in [1.807, 2.05) is 0 Å². The number of morpholine rings is 1. The fourth-order valence-corrected chi connectivity index (χ4v) is 1.55. The highest BCUT2D eigenvalue weighted by Gasteiger charge is 2.07. The van der Waals surface area contributed by atoms with Crippen LogP contribution in [-0.2, 0) is 4.74 Å². The number of nitrogens with zero attached hydrogens (tertiary/aromatic N) is 1. The van der Waals surface area contributed by atoms with Crippen molar-refractivity contribution >= 4 is 0 Å². The Balaban J connectivity index is 0.000000288. The van der Waals surface area contributed by atoms with Crippen LogP contribution in [0.25, 0.3) is 0 Å². The summed E-state index contributed by atoms with van der Waals surface area (Å²) in [6, 6.07) is 0.648. The topological polar surface area (TPSA) is 24.5 Å². The summed E-state index contributed by atoms with van der Waals surface area (Å²) in [5, 5.41) is 3.21. The molecular formula is C12H28N2O. The number of hydrogen-bond donors (Lipinski definition) is 1. The second-order valence-electron chi connectivity index (χ2n) is 4.17. The molecule has 0 saturated carbocycles. The molecule has 3 nitrogen and oxygen atoms in total. The molecule has 0 aromatic carbocycles. The van der Waals surface area contributed by atoms with Crippen molar-refractivity contribution in [1.29, 1.82) is 0 Å². The molecule has 0 radical (unpaired) electrons. The number of rotatable bonds is 4. The fraction of sp³-hybridized carbons (Fsp3) is 1.00. The minimum atomic E-state index is 0.648. The zero-order valence-electron chi connectivity index (χ0n) is 10.9. The fourth-order valence-electron chi connectivity index (χ4n) is 1.55. The Morgan fingerprint density at radius 2 is 1.80 bits per heavy atom. The Hall–Kier alpha value is -0.120. The van der Waals surface area contributed by atoms with Gasteiger partial charge in [0.1, 0.15) is 0 Å². The molecule has 1 heterocycles. The maximum absolute atomic E-state index is 5.20. The van der Waals surface area contributed by atoms with Gasteiger partial charge in [-0.25, -0.2) is 0 Å². The standard InChI is InChI=1S/C7H15NO.C5H13N/c1-2-3-8-4-6-9-7-5-8;1-4-6-5(2)3/h2-7H2,1H3;5-6H,4H2,1-3H3. The van der Waals surface area contributed by atoms with Gasteiger partial charge >= 0.3 is 0 Å². The molecule has 1 N–H and O–H groups in total. The van der Waals surface area contributed by atoms with Gasteiger partial charge in [-0.3, -0.25) is 4.90 Å². The highest BCUT2D eigenvalue weighted by atomic mass is 16.5. The maximum Gasteiger partial charge on any atom is 0.0594 e. The SMILES string of the molecule is CCCN1CCOCC1.CCNC(C)C. The van der Waals surface area contributed by atoms with Gasteiger partial charge in [0.15, 0.2) is 0 Å². The van der Waals surface area contributed by atoms with Crippen LogP contribution in [0.3, 0.4) is 0 Å². The Morgan fingerprint density at radius 3 is 2.13 bits per heavy atom. The lowest BCUT2D eigenvalue weighted by Gasteiger charge is -2.25. The molecule has 1 rings (SSSR count). The molecule has 0 atom stereocenters. The van der Waals surface area contributed by atoms with Crippen LogP contribution in [0.2, 0.25) is 0 Å². The van der Waals surface area contributed by atoms with E-state index in [0.717, 1.165) is 32.8 Å². The highest BCUT2D eigenvalue weighted by molar-refractivity contribution is 4.59. The predicted octanol–water partition coefficient (Wildman–Crippen LogP) is 1.73. The van der Waals surface area contributed by atoms with Crippen LogP contribution in [0, 0.1) is 0 Å². The average molecular weight is 216 g/mol. The van der Waals surface area contributed by atoms with E-state index < -0.39 is 0 Å². The van der Waals surface area contributed by atoms with Crippen LogP contribution in [-0.4, -0.2) is 50.3 Å². The van der Waals surface area contributed by atoms with Crippen molar-refractivity contribution in [2.45, 2.75) is 40.2 Å². The second kappa shape index (κ2) is 10.4. The summed E-state index contributed by atoms with van der Waals surface area (Å²) in [6.07, 6.45) is 1.26. The summed E-state index contributed by atoms with van der Waals surface area (Å²) >= 11 is 0. The van der Waals surface area contributed by atoms with Crippen LogP contribution in [0.15, 0.2) is 0 Å². The summed E-state index contributed by atoms with van der Waals surface area (Å²) in [4.78, 5) is 2.45. The van der Waals surface area contributed by atoms with E-state index in [1.165, 1.54) is 13.0 Å². The van der Waals surface area contributed by atoms with E-state index >= 15 is 0 Å². The van der Waals surface area contributed by atoms with E-state index in [1.54, 1.807) is 0 Å². The quantitative estimate of drug-likeness (QED) is 0.774. The van der Waals surface area contributed by atoms with Crippen molar-refractivity contribution in [3.63, 3.8) is 0 Å². The molecule has 92 valence electrons. The molecule has 1 aliphatic heterocycles. The highest BCUT2D eigenvalue weighted by Crippen LogP contribution is 1.96. The summed E-state index contributed by atoms with van der Waals surface area (Å²) in [5.74, 6) is 0. The Kier molecular flexibility index (Phi) is 10.3. The Bertz CT molecular complexity index is 120. The van der Waals surface area contributed by atoms with E-state index in [0.29, 0.717) is 6.04 Å². The molecular weight excluding hydrogens is 188 g/mol. The summed E-state index contributed by atoms with van der Waals surface area (Å²) < 4.78 is 5.20. The first-order valence-corrected chi connectivity index (χ1v) is 6.24. The third-order valence-electron chi connectivity index (χ3n) is 2.26. The van der Waals surface area contributed by atoms with Crippen molar-refractivity contribution in [1.82, 2.24) is 10.2 Å². The molecule has 0 amide bonds. The lowest BCUT2D eigenvalue weighted by molar-refractivity contribution is 0.0380. The molecule has 1 saturated heterocycles. The lowest BCUT2D eigenvalue weighted by Crippen LogP contribution is -2.36. The van der Waals surface area contributed by atoms with Crippen molar-refractivity contribution in [3.8, 4) is 0 Å². The van der Waals surface area contributed by atoms with Gasteiger partial charge in [-0.15, -0.1) is 0 Å². The minimum absolute atomic E-state index is 0.648. The smallest absolute Gasteiger partial charge is 0.0594 e. The Morgan fingerprint density at radius 1 is 1.20 bits per heavy atom. The van der Waals surface area contributed by atoms with Crippen molar-refractivity contribution in [2.24, 2.45) is 0 Å². The van der Waals surface area contributed by atoms with Gasteiger partial charge in [0.2, 0.25) is 0 Å². The van der Waals surface area contributed by atoms with Gasteiger partial charge in [0.05, 0.1) is 13.2 Å². The molecule has 3 heteroatoms. The first kappa shape index (κ1) is 14.9. The first-order chi connectivity index (χ1) is 7.20. The third kappa shape index (κ3) is 10.2. The molecule has 0 aromatic rings. The number of ether oxygens (including phenoxy) is 1. The van der Waals surface area contributed by atoms with Gasteiger partial charge < -0.3 is 10.1 Å². The van der Waals surface area contributed by atoms with Gasteiger partial charge in [-0.2, -0.15) is 0 Å². The number of nitrogens with one attached hydrogen (secondary N) is 1. The summed E-state index contributed by atoms with van der Waals surface area (Å²) in [7, 11) is 0. The zero-order chi connectivity index (χ0) is 11.5. The monoisotopic (exact) mass is 216 g/mol. The van der Waals surface area contributed by atoms with Gasteiger partial charge in [-0.05, 0) is 19.5 Å². The van der Waals surface area contributed by atoms with Crippen LogP contribution < -0.4 is 5.32 Å². The molecule has 1 fully saturated rings. The largest absolute Gasteiger partial charge is 0.379 e. The molecule has 15 heavy (non-hydrogen) atoms. The normalized spacial score (nSPS) is 17.4. The van der Waals surface area contributed by atoms with Crippen LogP contribution in [0.1, 0.15) is 34.1 Å². The average Bonchev–Trinajstić information content (AvgIpc) is 2.20. The van der Waals surface area contributed by atoms with E-state index in [-0.39, 0.29) is 0 Å². The molecule has 0 spiro atoms. The van der Waals surface area contributed by atoms with Gasteiger partial charge in [0, 0.05) is 19.1 Å². The molecule has 0 aromatic heterocycles. The molecule has 1 aliphatic rings. The molecule has 0 unspecified atom stereocenters. The minimum Gasteiger partial charge on any atom is -0.379 e.